The molecule has 0 N–H and O–H groups in total. The zero-order chi connectivity index (χ0) is 8.32. The Morgan fingerprint density at radius 1 is 1.45 bits per heavy atom. The molecule has 0 radical (unpaired) electrons. The molecule has 0 aliphatic carbocycles. The maximum Gasteiger partial charge on any atom is 0.135 e. The molecule has 0 saturated heterocycles. The van der Waals surface area contributed by atoms with Crippen molar-refractivity contribution in [2.45, 2.75) is 6.92 Å². The van der Waals surface area contributed by atoms with Crippen LogP contribution in [0.5, 0.6) is 0 Å². The van der Waals surface area contributed by atoms with Crippen molar-refractivity contribution in [3.8, 4) is 0 Å². The molecule has 0 fully saturated rings. The summed E-state index contributed by atoms with van der Waals surface area (Å²) < 4.78 is -0.331. The van der Waals surface area contributed by atoms with E-state index in [0.717, 1.165) is 5.69 Å². The Hall–Kier alpha value is -0.930. The molecule has 1 aromatic heterocycles. The van der Waals surface area contributed by atoms with E-state index in [-0.39, 0.29) is 4.65 Å². The second-order valence-electron chi connectivity index (χ2n) is 2.62. The highest BCUT2D eigenvalue weighted by molar-refractivity contribution is 5.40. The molecule has 1 atom stereocenters. The van der Waals surface area contributed by atoms with Crippen LogP contribution in [0.2, 0.25) is 0 Å². The predicted octanol–water partition coefficient (Wildman–Crippen LogP) is 1.54. The number of hydroxylamine groups is 2. The summed E-state index contributed by atoms with van der Waals surface area (Å²) in [4.78, 5) is 3.84. The number of quaternary nitrogens is 1. The van der Waals surface area contributed by atoms with Crippen LogP contribution in [0.15, 0.2) is 24.5 Å². The van der Waals surface area contributed by atoms with Gasteiger partial charge in [0.25, 0.3) is 0 Å². The largest absolute Gasteiger partial charge is 0.628 e. The van der Waals surface area contributed by atoms with Gasteiger partial charge in [0.2, 0.25) is 0 Å². The van der Waals surface area contributed by atoms with Crippen LogP contribution >= 0.6 is 0 Å². The first kappa shape index (κ1) is 8.17. The van der Waals surface area contributed by atoms with Crippen LogP contribution in [-0.2, 0) is 0 Å². The molecule has 3 nitrogen and oxygen atoms in total. The Balaban J connectivity index is 2.93. The highest BCUT2D eigenvalue weighted by atomic mass is 16.5. The van der Waals surface area contributed by atoms with Gasteiger partial charge in [-0.05, 0) is 6.92 Å². The normalized spacial score (nSPS) is 15.9. The lowest BCUT2D eigenvalue weighted by Gasteiger charge is -2.36. The molecular weight excluding hydrogens is 140 g/mol. The molecule has 0 aliphatic rings. The first-order valence-electron chi connectivity index (χ1n) is 3.64. The summed E-state index contributed by atoms with van der Waals surface area (Å²) >= 11 is 0. The molecule has 0 bridgehead atoms. The van der Waals surface area contributed by atoms with E-state index in [4.69, 9.17) is 0 Å². The van der Waals surface area contributed by atoms with E-state index in [2.05, 4.69) is 4.98 Å². The Labute approximate surface area is 66.5 Å². The summed E-state index contributed by atoms with van der Waals surface area (Å²) in [6.45, 7) is 2.41. The molecule has 1 heterocycles. The predicted molar refractivity (Wildman–Crippen MR) is 45.9 cm³/mol. The number of aromatic nitrogens is 1. The lowest BCUT2D eigenvalue weighted by molar-refractivity contribution is 0.470. The molecule has 1 rings (SSSR count). The summed E-state index contributed by atoms with van der Waals surface area (Å²) in [6, 6.07) is 3.49. The Morgan fingerprint density at radius 3 is 2.45 bits per heavy atom. The average molecular weight is 152 g/mol. The van der Waals surface area contributed by atoms with Crippen LogP contribution in [0, 0.1) is 5.21 Å². The van der Waals surface area contributed by atoms with E-state index < -0.39 is 0 Å². The number of nitrogens with zero attached hydrogens (tertiary/aromatic N) is 2. The zero-order valence-corrected chi connectivity index (χ0v) is 6.82. The van der Waals surface area contributed by atoms with Gasteiger partial charge in [-0.15, -0.1) is 0 Å². The molecule has 1 unspecified atom stereocenters. The first-order valence-corrected chi connectivity index (χ1v) is 3.64. The maximum absolute atomic E-state index is 11.6. The fourth-order valence-corrected chi connectivity index (χ4v) is 0.842. The van der Waals surface area contributed by atoms with Crippen molar-refractivity contribution >= 4 is 5.69 Å². The fraction of sp³-hybridized carbons (Fsp3) is 0.375. The van der Waals surface area contributed by atoms with Crippen molar-refractivity contribution < 1.29 is 0 Å². The van der Waals surface area contributed by atoms with Gasteiger partial charge >= 0.3 is 0 Å². The molecule has 3 heteroatoms. The molecule has 0 aliphatic heterocycles. The monoisotopic (exact) mass is 152 g/mol. The molecular formula is C8H12N2O. The molecule has 0 aromatic carbocycles. The molecule has 1 aromatic rings. The van der Waals surface area contributed by atoms with Crippen molar-refractivity contribution in [2.24, 2.45) is 0 Å². The Bertz CT molecular complexity index is 221. The second kappa shape index (κ2) is 2.98. The number of hydrogen-bond donors (Lipinski definition) is 0. The number of rotatable bonds is 2. The first-order chi connectivity index (χ1) is 5.17. The van der Waals surface area contributed by atoms with Crippen molar-refractivity contribution in [1.82, 2.24) is 9.63 Å². The van der Waals surface area contributed by atoms with Crippen molar-refractivity contribution in [2.75, 3.05) is 13.6 Å². The highest BCUT2D eigenvalue weighted by Crippen LogP contribution is 2.16. The van der Waals surface area contributed by atoms with Gasteiger partial charge in [0.05, 0.1) is 13.6 Å². The minimum Gasteiger partial charge on any atom is -0.628 e. The van der Waals surface area contributed by atoms with Crippen LogP contribution in [0.4, 0.5) is 5.69 Å². The summed E-state index contributed by atoms with van der Waals surface area (Å²) in [7, 11) is 1.63. The van der Waals surface area contributed by atoms with Crippen LogP contribution in [0.3, 0.4) is 0 Å². The van der Waals surface area contributed by atoms with E-state index in [1.165, 1.54) is 0 Å². The lowest BCUT2D eigenvalue weighted by Crippen LogP contribution is -2.37. The fourth-order valence-electron chi connectivity index (χ4n) is 0.842. The SMILES string of the molecule is CC[N+](C)([O-])c1ccncc1. The molecule has 0 spiro atoms. The third kappa shape index (κ3) is 1.76. The third-order valence-corrected chi connectivity index (χ3v) is 1.81. The summed E-state index contributed by atoms with van der Waals surface area (Å²) in [5, 5.41) is 11.6. The van der Waals surface area contributed by atoms with Crippen LogP contribution < -0.4 is 4.65 Å². The van der Waals surface area contributed by atoms with Gasteiger partial charge in [0.1, 0.15) is 5.69 Å². The summed E-state index contributed by atoms with van der Waals surface area (Å²) in [5.74, 6) is 0. The van der Waals surface area contributed by atoms with E-state index in [1.54, 1.807) is 31.6 Å². The van der Waals surface area contributed by atoms with Crippen molar-refractivity contribution in [3.63, 3.8) is 0 Å². The highest BCUT2D eigenvalue weighted by Gasteiger charge is 2.09. The molecule has 0 amide bonds. The molecule has 0 saturated carbocycles. The van der Waals surface area contributed by atoms with E-state index in [9.17, 15) is 5.21 Å². The standard InChI is InChI=1S/C8H12N2O/c1-3-10(2,11)8-4-6-9-7-5-8/h4-7H,3H2,1-2H3. The zero-order valence-electron chi connectivity index (χ0n) is 6.82. The number of hydrogen-bond acceptors (Lipinski definition) is 2. The number of pyridine rings is 1. The van der Waals surface area contributed by atoms with Gasteiger partial charge in [-0.2, -0.15) is 0 Å². The Kier molecular flexibility index (Phi) is 2.22. The Morgan fingerprint density at radius 2 is 2.00 bits per heavy atom. The quantitative estimate of drug-likeness (QED) is 0.476. The minimum atomic E-state index is -0.331. The van der Waals surface area contributed by atoms with Gasteiger partial charge in [-0.25, -0.2) is 0 Å². The van der Waals surface area contributed by atoms with Gasteiger partial charge in [0, 0.05) is 24.5 Å². The minimum absolute atomic E-state index is 0.331. The van der Waals surface area contributed by atoms with Crippen LogP contribution in [-0.4, -0.2) is 18.6 Å². The summed E-state index contributed by atoms with van der Waals surface area (Å²) in [5.41, 5.74) is 0.752. The average Bonchev–Trinajstić information content (AvgIpc) is 2.06. The van der Waals surface area contributed by atoms with E-state index in [0.29, 0.717) is 6.54 Å². The van der Waals surface area contributed by atoms with Gasteiger partial charge < -0.3 is 9.85 Å². The molecule has 60 valence electrons. The van der Waals surface area contributed by atoms with Gasteiger partial charge in [-0.3, -0.25) is 4.98 Å². The third-order valence-electron chi connectivity index (χ3n) is 1.81. The summed E-state index contributed by atoms with van der Waals surface area (Å²) in [6.07, 6.45) is 3.28. The van der Waals surface area contributed by atoms with E-state index >= 15 is 0 Å². The van der Waals surface area contributed by atoms with Crippen LogP contribution in [0.25, 0.3) is 0 Å². The molecule has 11 heavy (non-hydrogen) atoms. The van der Waals surface area contributed by atoms with Gasteiger partial charge in [0.15, 0.2) is 0 Å². The van der Waals surface area contributed by atoms with E-state index in [1.807, 2.05) is 6.92 Å². The smallest absolute Gasteiger partial charge is 0.135 e. The van der Waals surface area contributed by atoms with Crippen molar-refractivity contribution in [3.05, 3.63) is 29.7 Å². The van der Waals surface area contributed by atoms with Crippen molar-refractivity contribution in [1.29, 1.82) is 0 Å². The lowest BCUT2D eigenvalue weighted by atomic mass is 10.3. The van der Waals surface area contributed by atoms with Gasteiger partial charge in [-0.1, -0.05) is 0 Å². The topological polar surface area (TPSA) is 36.0 Å². The second-order valence-corrected chi connectivity index (χ2v) is 2.62. The van der Waals surface area contributed by atoms with Crippen LogP contribution in [0.1, 0.15) is 6.92 Å². The maximum atomic E-state index is 11.6.